The van der Waals surface area contributed by atoms with Gasteiger partial charge in [0, 0.05) is 4.47 Å². The Hall–Kier alpha value is -0.390. The number of hydrogen-bond donors (Lipinski definition) is 0. The highest BCUT2D eigenvalue weighted by atomic mass is 79.9. The number of hydrogen-bond acceptors (Lipinski definition) is 4. The van der Waals surface area contributed by atoms with Crippen molar-refractivity contribution in [1.29, 1.82) is 0 Å². The summed E-state index contributed by atoms with van der Waals surface area (Å²) in [6.45, 7) is 1.98. The molecule has 1 unspecified atom stereocenters. The third-order valence-electron chi connectivity index (χ3n) is 1.89. The van der Waals surface area contributed by atoms with Crippen LogP contribution in [0.4, 0.5) is 0 Å². The standard InChI is InChI=1S/C9H8BrClN2OS/c1-2-6(11)8-12-9(14-13-8)7-5(10)3-4-15-7/h3-4,6H,2H2,1H3. The minimum absolute atomic E-state index is 0.179. The predicted molar refractivity (Wildman–Crippen MR) is 64.2 cm³/mol. The second kappa shape index (κ2) is 4.63. The Bertz CT molecular complexity index is 456. The molecule has 6 heteroatoms. The highest BCUT2D eigenvalue weighted by Gasteiger charge is 2.17. The van der Waals surface area contributed by atoms with Crippen molar-refractivity contribution in [1.82, 2.24) is 10.1 Å². The lowest BCUT2D eigenvalue weighted by Crippen LogP contribution is -1.90. The fourth-order valence-electron chi connectivity index (χ4n) is 1.08. The average Bonchev–Trinajstić information content (AvgIpc) is 2.84. The Morgan fingerprint density at radius 1 is 1.67 bits per heavy atom. The molecule has 0 saturated carbocycles. The summed E-state index contributed by atoms with van der Waals surface area (Å²) in [6.07, 6.45) is 0.784. The highest BCUT2D eigenvalue weighted by Crippen LogP contribution is 2.33. The number of thiophene rings is 1. The molecule has 0 radical (unpaired) electrons. The molecule has 15 heavy (non-hydrogen) atoms. The minimum atomic E-state index is -0.179. The maximum absolute atomic E-state index is 6.01. The van der Waals surface area contributed by atoms with E-state index in [1.54, 1.807) is 11.3 Å². The van der Waals surface area contributed by atoms with E-state index in [9.17, 15) is 0 Å². The van der Waals surface area contributed by atoms with Crippen LogP contribution in [0.5, 0.6) is 0 Å². The molecule has 0 amide bonds. The summed E-state index contributed by atoms with van der Waals surface area (Å²) in [5.41, 5.74) is 0. The van der Waals surface area contributed by atoms with Crippen LogP contribution < -0.4 is 0 Å². The molecule has 3 nitrogen and oxygen atoms in total. The van der Waals surface area contributed by atoms with Crippen LogP contribution in [0.3, 0.4) is 0 Å². The molecule has 0 spiro atoms. The van der Waals surface area contributed by atoms with Gasteiger partial charge in [-0.25, -0.2) is 0 Å². The van der Waals surface area contributed by atoms with Crippen molar-refractivity contribution in [2.45, 2.75) is 18.7 Å². The molecule has 1 atom stereocenters. The molecule has 0 aliphatic carbocycles. The zero-order valence-corrected chi connectivity index (χ0v) is 11.1. The number of nitrogens with zero attached hydrogens (tertiary/aromatic N) is 2. The second-order valence-electron chi connectivity index (χ2n) is 2.93. The molecular formula is C9H8BrClN2OS. The molecule has 0 aromatic carbocycles. The van der Waals surface area contributed by atoms with Gasteiger partial charge >= 0.3 is 0 Å². The fraction of sp³-hybridized carbons (Fsp3) is 0.333. The van der Waals surface area contributed by atoms with E-state index in [0.29, 0.717) is 11.7 Å². The molecule has 0 saturated heterocycles. The van der Waals surface area contributed by atoms with E-state index in [1.807, 2.05) is 18.4 Å². The van der Waals surface area contributed by atoms with Crippen molar-refractivity contribution in [2.24, 2.45) is 0 Å². The van der Waals surface area contributed by atoms with Crippen molar-refractivity contribution in [3.05, 3.63) is 21.7 Å². The number of aromatic nitrogens is 2. The maximum Gasteiger partial charge on any atom is 0.269 e. The van der Waals surface area contributed by atoms with Gasteiger partial charge in [-0.05, 0) is 33.8 Å². The van der Waals surface area contributed by atoms with E-state index in [2.05, 4.69) is 26.1 Å². The molecule has 0 fully saturated rings. The van der Waals surface area contributed by atoms with E-state index in [-0.39, 0.29) is 5.38 Å². The zero-order valence-electron chi connectivity index (χ0n) is 7.91. The van der Waals surface area contributed by atoms with E-state index >= 15 is 0 Å². The van der Waals surface area contributed by atoms with Crippen molar-refractivity contribution in [3.63, 3.8) is 0 Å². The molecule has 0 N–H and O–H groups in total. The molecule has 2 aromatic rings. The third kappa shape index (κ3) is 2.24. The Labute approximate surface area is 105 Å². The quantitative estimate of drug-likeness (QED) is 0.796. The van der Waals surface area contributed by atoms with E-state index in [0.717, 1.165) is 15.8 Å². The lowest BCUT2D eigenvalue weighted by molar-refractivity contribution is 0.422. The molecule has 2 heterocycles. The number of rotatable bonds is 3. The Morgan fingerprint density at radius 3 is 3.07 bits per heavy atom. The summed E-state index contributed by atoms with van der Waals surface area (Å²) in [5, 5.41) is 5.63. The Morgan fingerprint density at radius 2 is 2.47 bits per heavy atom. The van der Waals surface area contributed by atoms with Crippen LogP contribution in [0.2, 0.25) is 0 Å². The Kier molecular flexibility index (Phi) is 3.43. The highest BCUT2D eigenvalue weighted by molar-refractivity contribution is 9.10. The summed E-state index contributed by atoms with van der Waals surface area (Å²) >= 11 is 11.0. The molecule has 80 valence electrons. The minimum Gasteiger partial charge on any atom is -0.333 e. The maximum atomic E-state index is 6.01. The van der Waals surface area contributed by atoms with Gasteiger partial charge in [0.2, 0.25) is 0 Å². The van der Waals surface area contributed by atoms with Crippen molar-refractivity contribution >= 4 is 38.9 Å². The van der Waals surface area contributed by atoms with E-state index < -0.39 is 0 Å². The van der Waals surface area contributed by atoms with Crippen molar-refractivity contribution in [3.8, 4) is 10.8 Å². The van der Waals surface area contributed by atoms with E-state index in [4.69, 9.17) is 16.1 Å². The topological polar surface area (TPSA) is 38.9 Å². The van der Waals surface area contributed by atoms with Crippen molar-refractivity contribution in [2.75, 3.05) is 0 Å². The van der Waals surface area contributed by atoms with Gasteiger partial charge in [0.25, 0.3) is 5.89 Å². The molecule has 0 aliphatic heterocycles. The predicted octanol–water partition coefficient (Wildman–Crippen LogP) is 4.25. The second-order valence-corrected chi connectivity index (χ2v) is 5.23. The van der Waals surface area contributed by atoms with Crippen LogP contribution in [0.15, 0.2) is 20.4 Å². The van der Waals surface area contributed by atoms with Crippen LogP contribution in [0.1, 0.15) is 24.5 Å². The van der Waals surface area contributed by atoms with Crippen LogP contribution >= 0.6 is 38.9 Å². The van der Waals surface area contributed by atoms with Gasteiger partial charge in [-0.2, -0.15) is 4.98 Å². The summed E-state index contributed by atoms with van der Waals surface area (Å²) in [6, 6.07) is 1.95. The normalized spacial score (nSPS) is 13.0. The first kappa shape index (κ1) is 11.1. The molecule has 0 aliphatic rings. The molecule has 2 rings (SSSR count). The number of alkyl halides is 1. The summed E-state index contributed by atoms with van der Waals surface area (Å²) < 4.78 is 6.11. The van der Waals surface area contributed by atoms with Crippen LogP contribution in [-0.4, -0.2) is 10.1 Å². The molecule has 0 bridgehead atoms. The van der Waals surface area contributed by atoms with Crippen LogP contribution in [0, 0.1) is 0 Å². The summed E-state index contributed by atoms with van der Waals surface area (Å²) in [4.78, 5) is 5.19. The van der Waals surface area contributed by atoms with Gasteiger partial charge in [-0.1, -0.05) is 12.1 Å². The van der Waals surface area contributed by atoms with Crippen LogP contribution in [-0.2, 0) is 0 Å². The fourth-order valence-corrected chi connectivity index (χ4v) is 2.63. The third-order valence-corrected chi connectivity index (χ3v) is 4.22. The lowest BCUT2D eigenvalue weighted by Gasteiger charge is -1.95. The molecular weight excluding hydrogens is 300 g/mol. The average molecular weight is 308 g/mol. The summed E-state index contributed by atoms with van der Waals surface area (Å²) in [5.74, 6) is 1.07. The van der Waals surface area contributed by atoms with Gasteiger partial charge in [-0.3, -0.25) is 0 Å². The first-order valence-electron chi connectivity index (χ1n) is 4.43. The van der Waals surface area contributed by atoms with E-state index in [1.165, 1.54) is 0 Å². The monoisotopic (exact) mass is 306 g/mol. The van der Waals surface area contributed by atoms with Gasteiger partial charge in [0.15, 0.2) is 5.82 Å². The lowest BCUT2D eigenvalue weighted by atomic mass is 10.3. The van der Waals surface area contributed by atoms with Crippen LogP contribution in [0.25, 0.3) is 10.8 Å². The zero-order chi connectivity index (χ0) is 10.8. The van der Waals surface area contributed by atoms with Gasteiger partial charge in [0.1, 0.15) is 4.88 Å². The smallest absolute Gasteiger partial charge is 0.269 e. The number of halogens is 2. The first-order valence-corrected chi connectivity index (χ1v) is 6.54. The van der Waals surface area contributed by atoms with Gasteiger partial charge < -0.3 is 4.52 Å². The molecule has 2 aromatic heterocycles. The Balaban J connectivity index is 2.32. The van der Waals surface area contributed by atoms with Gasteiger partial charge in [-0.15, -0.1) is 22.9 Å². The van der Waals surface area contributed by atoms with Gasteiger partial charge in [0.05, 0.1) is 5.38 Å². The van der Waals surface area contributed by atoms with Crippen molar-refractivity contribution < 1.29 is 4.52 Å². The summed E-state index contributed by atoms with van der Waals surface area (Å²) in [7, 11) is 0. The first-order chi connectivity index (χ1) is 7.22. The SMILES string of the molecule is CCC(Cl)c1noc(-c2sccc2Br)n1. The largest absolute Gasteiger partial charge is 0.333 e.